The van der Waals surface area contributed by atoms with Crippen molar-refractivity contribution in [1.82, 2.24) is 0 Å². The number of nitrogens with zero attached hydrogens (tertiary/aromatic N) is 2. The van der Waals surface area contributed by atoms with Crippen LogP contribution < -0.4 is 10.6 Å². The lowest BCUT2D eigenvalue weighted by molar-refractivity contribution is -0.119. The molecule has 1 amide bonds. The van der Waals surface area contributed by atoms with E-state index < -0.39 is 6.04 Å². The van der Waals surface area contributed by atoms with Gasteiger partial charge in [-0.05, 0) is 25.1 Å². The molecule has 78 valence electrons. The predicted octanol–water partition coefficient (Wildman–Crippen LogP) is 0.868. The summed E-state index contributed by atoms with van der Waals surface area (Å²) in [4.78, 5) is 13.0. The third-order valence-corrected chi connectivity index (χ3v) is 2.08. The first-order chi connectivity index (χ1) is 7.06. The Labute approximate surface area is 88.9 Å². The van der Waals surface area contributed by atoms with Crippen molar-refractivity contribution >= 4 is 11.6 Å². The summed E-state index contributed by atoms with van der Waals surface area (Å²) in [5, 5.41) is 8.71. The van der Waals surface area contributed by atoms with Crippen LogP contribution in [0.1, 0.15) is 12.5 Å². The van der Waals surface area contributed by atoms with Gasteiger partial charge in [-0.1, -0.05) is 6.07 Å². The third-order valence-electron chi connectivity index (χ3n) is 2.08. The second kappa shape index (κ2) is 4.58. The summed E-state index contributed by atoms with van der Waals surface area (Å²) in [5.41, 5.74) is 6.69. The molecule has 0 spiro atoms. The molecular weight excluding hydrogens is 190 g/mol. The number of rotatable bonds is 2. The molecule has 0 aliphatic heterocycles. The smallest absolute Gasteiger partial charge is 0.243 e. The van der Waals surface area contributed by atoms with Gasteiger partial charge in [-0.15, -0.1) is 0 Å². The second-order valence-electron chi connectivity index (χ2n) is 3.35. The van der Waals surface area contributed by atoms with Crippen molar-refractivity contribution in [3.63, 3.8) is 0 Å². The van der Waals surface area contributed by atoms with Crippen LogP contribution in [0.25, 0.3) is 0 Å². The molecule has 1 unspecified atom stereocenters. The Morgan fingerprint density at radius 1 is 1.60 bits per heavy atom. The molecule has 0 saturated heterocycles. The van der Waals surface area contributed by atoms with Crippen molar-refractivity contribution in [2.75, 3.05) is 11.9 Å². The fourth-order valence-corrected chi connectivity index (χ4v) is 1.22. The minimum Gasteiger partial charge on any atom is -0.320 e. The van der Waals surface area contributed by atoms with Crippen LogP contribution in [-0.4, -0.2) is 19.0 Å². The van der Waals surface area contributed by atoms with Gasteiger partial charge in [0.15, 0.2) is 0 Å². The number of hydrogen-bond donors (Lipinski definition) is 1. The largest absolute Gasteiger partial charge is 0.320 e. The molecule has 0 saturated carbocycles. The van der Waals surface area contributed by atoms with Crippen LogP contribution in [0.5, 0.6) is 0 Å². The van der Waals surface area contributed by atoms with Gasteiger partial charge >= 0.3 is 0 Å². The molecule has 0 aliphatic carbocycles. The number of hydrogen-bond acceptors (Lipinski definition) is 3. The average Bonchev–Trinajstić information content (AvgIpc) is 2.27. The van der Waals surface area contributed by atoms with Gasteiger partial charge in [0, 0.05) is 12.7 Å². The quantitative estimate of drug-likeness (QED) is 0.775. The Bertz CT molecular complexity index is 407. The molecule has 4 nitrogen and oxygen atoms in total. The highest BCUT2D eigenvalue weighted by Gasteiger charge is 2.14. The van der Waals surface area contributed by atoms with Gasteiger partial charge in [-0.3, -0.25) is 4.79 Å². The molecule has 0 bridgehead atoms. The lowest BCUT2D eigenvalue weighted by Crippen LogP contribution is -2.39. The molecule has 1 atom stereocenters. The fraction of sp³-hybridized carbons (Fsp3) is 0.273. The number of amides is 1. The molecule has 0 heterocycles. The lowest BCUT2D eigenvalue weighted by atomic mass is 10.2. The number of anilines is 1. The molecule has 1 rings (SSSR count). The zero-order valence-corrected chi connectivity index (χ0v) is 8.77. The Kier molecular flexibility index (Phi) is 3.42. The number of nitriles is 1. The van der Waals surface area contributed by atoms with E-state index in [2.05, 4.69) is 0 Å². The molecule has 0 aromatic heterocycles. The third kappa shape index (κ3) is 2.55. The predicted molar refractivity (Wildman–Crippen MR) is 58.2 cm³/mol. The summed E-state index contributed by atoms with van der Waals surface area (Å²) in [6.45, 7) is 1.63. The number of carbonyl (C=O) groups is 1. The van der Waals surface area contributed by atoms with Gasteiger partial charge < -0.3 is 10.6 Å². The van der Waals surface area contributed by atoms with Crippen LogP contribution >= 0.6 is 0 Å². The maximum atomic E-state index is 11.6. The number of benzene rings is 1. The van der Waals surface area contributed by atoms with Gasteiger partial charge in [0.05, 0.1) is 17.7 Å². The Morgan fingerprint density at radius 2 is 2.27 bits per heavy atom. The monoisotopic (exact) mass is 203 g/mol. The van der Waals surface area contributed by atoms with Crippen molar-refractivity contribution < 1.29 is 4.79 Å². The van der Waals surface area contributed by atoms with Crippen LogP contribution in [0.4, 0.5) is 5.69 Å². The summed E-state index contributed by atoms with van der Waals surface area (Å²) in [5.74, 6) is -0.176. The zero-order chi connectivity index (χ0) is 11.4. The van der Waals surface area contributed by atoms with Crippen molar-refractivity contribution in [3.05, 3.63) is 29.8 Å². The van der Waals surface area contributed by atoms with Crippen molar-refractivity contribution in [2.45, 2.75) is 13.0 Å². The maximum absolute atomic E-state index is 11.6. The number of carbonyl (C=O) groups excluding carboxylic acids is 1. The maximum Gasteiger partial charge on any atom is 0.243 e. The zero-order valence-electron chi connectivity index (χ0n) is 8.77. The first-order valence-electron chi connectivity index (χ1n) is 4.59. The van der Waals surface area contributed by atoms with E-state index in [4.69, 9.17) is 11.0 Å². The summed E-state index contributed by atoms with van der Waals surface area (Å²) < 4.78 is 0. The van der Waals surface area contributed by atoms with E-state index in [0.29, 0.717) is 11.3 Å². The van der Waals surface area contributed by atoms with Gasteiger partial charge in [0.25, 0.3) is 0 Å². The second-order valence-corrected chi connectivity index (χ2v) is 3.35. The fourth-order valence-electron chi connectivity index (χ4n) is 1.22. The normalized spacial score (nSPS) is 11.6. The molecule has 0 fully saturated rings. The lowest BCUT2D eigenvalue weighted by Gasteiger charge is -2.19. The van der Waals surface area contributed by atoms with Crippen LogP contribution in [0.3, 0.4) is 0 Å². The molecule has 1 aromatic rings. The van der Waals surface area contributed by atoms with Gasteiger partial charge in [-0.25, -0.2) is 0 Å². The molecule has 4 heteroatoms. The van der Waals surface area contributed by atoms with Crippen molar-refractivity contribution in [3.8, 4) is 6.07 Å². The number of nitrogens with two attached hydrogens (primary N) is 1. The molecule has 0 aliphatic rings. The number of likely N-dealkylation sites (N-methyl/N-ethyl adjacent to an activating group) is 1. The highest BCUT2D eigenvalue weighted by Crippen LogP contribution is 2.14. The van der Waals surface area contributed by atoms with E-state index in [1.165, 1.54) is 4.90 Å². The molecular formula is C11H13N3O. The van der Waals surface area contributed by atoms with Gasteiger partial charge in [0.1, 0.15) is 0 Å². The summed E-state index contributed by atoms with van der Waals surface area (Å²) >= 11 is 0. The topological polar surface area (TPSA) is 70.1 Å². The first kappa shape index (κ1) is 11.2. The van der Waals surface area contributed by atoms with E-state index in [9.17, 15) is 4.79 Å². The van der Waals surface area contributed by atoms with E-state index in [1.807, 2.05) is 6.07 Å². The van der Waals surface area contributed by atoms with Crippen molar-refractivity contribution in [1.29, 1.82) is 5.26 Å². The Balaban J connectivity index is 2.97. The molecule has 15 heavy (non-hydrogen) atoms. The molecule has 2 N–H and O–H groups in total. The molecule has 0 radical (unpaired) electrons. The van der Waals surface area contributed by atoms with Crippen LogP contribution in [-0.2, 0) is 4.79 Å². The van der Waals surface area contributed by atoms with E-state index in [1.54, 1.807) is 38.2 Å². The SMILES string of the molecule is CC(N)C(=O)N(C)c1cccc(C#N)c1. The van der Waals surface area contributed by atoms with Crippen LogP contribution in [0.15, 0.2) is 24.3 Å². The molecule has 1 aromatic carbocycles. The Hall–Kier alpha value is -1.86. The highest BCUT2D eigenvalue weighted by molar-refractivity contribution is 5.96. The summed E-state index contributed by atoms with van der Waals surface area (Å²) in [6, 6.07) is 8.32. The van der Waals surface area contributed by atoms with Crippen LogP contribution in [0, 0.1) is 11.3 Å². The first-order valence-corrected chi connectivity index (χ1v) is 4.59. The van der Waals surface area contributed by atoms with Gasteiger partial charge in [-0.2, -0.15) is 5.26 Å². The van der Waals surface area contributed by atoms with Crippen LogP contribution in [0.2, 0.25) is 0 Å². The van der Waals surface area contributed by atoms with Gasteiger partial charge in [0.2, 0.25) is 5.91 Å². The van der Waals surface area contributed by atoms with Crippen molar-refractivity contribution in [2.24, 2.45) is 5.73 Å². The minimum atomic E-state index is -0.541. The van der Waals surface area contributed by atoms with E-state index in [-0.39, 0.29) is 5.91 Å². The summed E-state index contributed by atoms with van der Waals surface area (Å²) in [7, 11) is 1.64. The van der Waals surface area contributed by atoms with E-state index >= 15 is 0 Å². The highest BCUT2D eigenvalue weighted by atomic mass is 16.2. The summed E-state index contributed by atoms with van der Waals surface area (Å²) in [6.07, 6.45) is 0. The van der Waals surface area contributed by atoms with E-state index in [0.717, 1.165) is 0 Å². The Morgan fingerprint density at radius 3 is 2.80 bits per heavy atom. The minimum absolute atomic E-state index is 0.176. The average molecular weight is 203 g/mol. The standard InChI is InChI=1S/C11H13N3O/c1-8(13)11(15)14(2)10-5-3-4-9(6-10)7-12/h3-6,8H,13H2,1-2H3.